The van der Waals surface area contributed by atoms with Crippen LogP contribution in [-0.2, 0) is 16.1 Å². The Morgan fingerprint density at radius 1 is 1.22 bits per heavy atom. The Morgan fingerprint density at radius 3 is 2.93 bits per heavy atom. The van der Waals surface area contributed by atoms with E-state index in [4.69, 9.17) is 4.42 Å². The number of aromatic nitrogens is 1. The van der Waals surface area contributed by atoms with Crippen LogP contribution in [0.25, 0.3) is 10.9 Å². The fourth-order valence-electron chi connectivity index (χ4n) is 3.11. The third kappa shape index (κ3) is 3.55. The van der Waals surface area contributed by atoms with E-state index < -0.39 is 12.1 Å². The van der Waals surface area contributed by atoms with Gasteiger partial charge in [0.15, 0.2) is 0 Å². The maximum atomic E-state index is 12.4. The van der Waals surface area contributed by atoms with E-state index in [-0.39, 0.29) is 31.2 Å². The number of nitrogens with one attached hydrogen (secondary N) is 3. The maximum Gasteiger partial charge on any atom is 0.325 e. The standard InChI is InChI=1S/C19H18N4O4/c24-17(21-13-4-3-12-7-8-20-16(12)10-13)6-5-15-18(25)23(19(26)22-15)11-14-2-1-9-27-14/h1-4,7-10,15,20H,5-6,11H2,(H,21,24)(H,22,26)/t15-/m0/s1. The monoisotopic (exact) mass is 366 g/mol. The van der Waals surface area contributed by atoms with E-state index in [1.165, 1.54) is 6.26 Å². The van der Waals surface area contributed by atoms with Crippen molar-refractivity contribution < 1.29 is 18.8 Å². The zero-order valence-electron chi connectivity index (χ0n) is 14.4. The Kier molecular flexibility index (Phi) is 4.37. The quantitative estimate of drug-likeness (QED) is 0.583. The molecule has 1 fully saturated rings. The van der Waals surface area contributed by atoms with Crippen molar-refractivity contribution in [3.05, 3.63) is 54.6 Å². The van der Waals surface area contributed by atoms with E-state index in [9.17, 15) is 14.4 Å². The SMILES string of the molecule is O=C(CC[C@@H]1NC(=O)N(Cc2ccco2)C1=O)Nc1ccc2cc[nH]c2c1. The summed E-state index contributed by atoms with van der Waals surface area (Å²) in [5, 5.41) is 6.49. The van der Waals surface area contributed by atoms with Gasteiger partial charge in [-0.1, -0.05) is 6.07 Å². The first-order valence-corrected chi connectivity index (χ1v) is 8.61. The number of benzene rings is 1. The van der Waals surface area contributed by atoms with Gasteiger partial charge in [-0.25, -0.2) is 4.79 Å². The number of amides is 4. The number of furan rings is 1. The van der Waals surface area contributed by atoms with Crippen molar-refractivity contribution in [2.75, 3.05) is 5.32 Å². The number of urea groups is 1. The van der Waals surface area contributed by atoms with Gasteiger partial charge in [-0.3, -0.25) is 14.5 Å². The molecule has 0 aliphatic carbocycles. The molecule has 0 spiro atoms. The zero-order chi connectivity index (χ0) is 18.8. The molecule has 3 aromatic rings. The first-order chi connectivity index (χ1) is 13.1. The van der Waals surface area contributed by atoms with Gasteiger partial charge in [0.1, 0.15) is 11.8 Å². The molecule has 1 aliphatic rings. The average Bonchev–Trinajstić information content (AvgIpc) is 3.37. The fraction of sp³-hybridized carbons (Fsp3) is 0.211. The lowest BCUT2D eigenvalue weighted by atomic mass is 10.1. The Hall–Kier alpha value is -3.55. The second-order valence-corrected chi connectivity index (χ2v) is 6.37. The van der Waals surface area contributed by atoms with Gasteiger partial charge < -0.3 is 20.0 Å². The number of imide groups is 1. The lowest BCUT2D eigenvalue weighted by Crippen LogP contribution is -2.31. The summed E-state index contributed by atoms with van der Waals surface area (Å²) in [6, 6.07) is 9.74. The van der Waals surface area contributed by atoms with Crippen LogP contribution in [0.5, 0.6) is 0 Å². The maximum absolute atomic E-state index is 12.4. The van der Waals surface area contributed by atoms with Crippen LogP contribution >= 0.6 is 0 Å². The van der Waals surface area contributed by atoms with Crippen LogP contribution in [0.1, 0.15) is 18.6 Å². The molecule has 1 aliphatic heterocycles. The molecule has 4 rings (SSSR count). The zero-order valence-corrected chi connectivity index (χ0v) is 14.4. The summed E-state index contributed by atoms with van der Waals surface area (Å²) in [5.41, 5.74) is 1.61. The normalized spacial score (nSPS) is 16.7. The van der Waals surface area contributed by atoms with Gasteiger partial charge in [-0.2, -0.15) is 0 Å². The Bertz CT molecular complexity index is 992. The second-order valence-electron chi connectivity index (χ2n) is 6.37. The molecule has 1 saturated heterocycles. The van der Waals surface area contributed by atoms with Crippen LogP contribution in [-0.4, -0.2) is 33.8 Å². The van der Waals surface area contributed by atoms with Gasteiger partial charge in [0.25, 0.3) is 5.91 Å². The number of hydrogen-bond donors (Lipinski definition) is 3. The van der Waals surface area contributed by atoms with Crippen molar-refractivity contribution in [2.24, 2.45) is 0 Å². The second kappa shape index (κ2) is 6.99. The van der Waals surface area contributed by atoms with Gasteiger partial charge in [-0.15, -0.1) is 0 Å². The third-order valence-electron chi connectivity index (χ3n) is 4.50. The number of fused-ring (bicyclic) bond motifs is 1. The van der Waals surface area contributed by atoms with Crippen LogP contribution in [0.3, 0.4) is 0 Å². The summed E-state index contributed by atoms with van der Waals surface area (Å²) in [6.07, 6.45) is 3.67. The number of hydrogen-bond acceptors (Lipinski definition) is 4. The number of carbonyl (C=O) groups is 3. The topological polar surface area (TPSA) is 107 Å². The van der Waals surface area contributed by atoms with Crippen molar-refractivity contribution in [3.63, 3.8) is 0 Å². The highest BCUT2D eigenvalue weighted by atomic mass is 16.3. The molecular weight excluding hydrogens is 348 g/mol. The summed E-state index contributed by atoms with van der Waals surface area (Å²) < 4.78 is 5.18. The number of H-pyrrole nitrogens is 1. The molecule has 0 saturated carbocycles. The van der Waals surface area contributed by atoms with Crippen molar-refractivity contribution >= 4 is 34.4 Å². The van der Waals surface area contributed by atoms with Crippen LogP contribution in [0.15, 0.2) is 53.3 Å². The smallest absolute Gasteiger partial charge is 0.325 e. The van der Waals surface area contributed by atoms with Crippen molar-refractivity contribution in [3.8, 4) is 0 Å². The molecule has 1 aromatic carbocycles. The lowest BCUT2D eigenvalue weighted by Gasteiger charge is -2.11. The van der Waals surface area contributed by atoms with E-state index >= 15 is 0 Å². The first-order valence-electron chi connectivity index (χ1n) is 8.61. The first kappa shape index (κ1) is 16.9. The highest BCUT2D eigenvalue weighted by molar-refractivity contribution is 6.04. The number of carbonyl (C=O) groups excluding carboxylic acids is 3. The van der Waals surface area contributed by atoms with Crippen molar-refractivity contribution in [2.45, 2.75) is 25.4 Å². The number of nitrogens with zero attached hydrogens (tertiary/aromatic N) is 1. The summed E-state index contributed by atoms with van der Waals surface area (Å²) in [7, 11) is 0. The van der Waals surface area contributed by atoms with Crippen molar-refractivity contribution in [1.82, 2.24) is 15.2 Å². The number of rotatable bonds is 6. The molecule has 0 unspecified atom stereocenters. The van der Waals surface area contributed by atoms with Gasteiger partial charge in [0.05, 0.1) is 12.8 Å². The molecule has 8 nitrogen and oxygen atoms in total. The van der Waals surface area contributed by atoms with Crippen molar-refractivity contribution in [1.29, 1.82) is 0 Å². The molecule has 138 valence electrons. The van der Waals surface area contributed by atoms with E-state index in [0.717, 1.165) is 15.8 Å². The van der Waals surface area contributed by atoms with E-state index in [1.54, 1.807) is 12.1 Å². The minimum atomic E-state index is -0.705. The average molecular weight is 366 g/mol. The lowest BCUT2D eigenvalue weighted by molar-refractivity contribution is -0.128. The highest BCUT2D eigenvalue weighted by Crippen LogP contribution is 2.19. The minimum absolute atomic E-state index is 0.0799. The summed E-state index contributed by atoms with van der Waals surface area (Å²) in [4.78, 5) is 40.8. The highest BCUT2D eigenvalue weighted by Gasteiger charge is 2.38. The van der Waals surface area contributed by atoms with Crippen LogP contribution in [0, 0.1) is 0 Å². The van der Waals surface area contributed by atoms with E-state index in [2.05, 4.69) is 15.6 Å². The molecule has 27 heavy (non-hydrogen) atoms. The molecule has 1 atom stereocenters. The minimum Gasteiger partial charge on any atom is -0.467 e. The largest absolute Gasteiger partial charge is 0.467 e. The number of anilines is 1. The molecule has 0 bridgehead atoms. The molecule has 3 N–H and O–H groups in total. The molecule has 8 heteroatoms. The Morgan fingerprint density at radius 2 is 2.11 bits per heavy atom. The molecule has 0 radical (unpaired) electrons. The van der Waals surface area contributed by atoms with Gasteiger partial charge >= 0.3 is 6.03 Å². The molecule has 2 aromatic heterocycles. The molecule has 4 amide bonds. The summed E-state index contributed by atoms with van der Waals surface area (Å²) in [5.74, 6) is -0.0407. The Labute approximate surface area is 154 Å². The molecule has 3 heterocycles. The number of aromatic amines is 1. The Balaban J connectivity index is 1.32. The van der Waals surface area contributed by atoms with E-state index in [0.29, 0.717) is 11.4 Å². The van der Waals surface area contributed by atoms with Crippen LogP contribution < -0.4 is 10.6 Å². The molecular formula is C19H18N4O4. The van der Waals surface area contributed by atoms with Crippen LogP contribution in [0.4, 0.5) is 10.5 Å². The summed E-state index contributed by atoms with van der Waals surface area (Å²) in [6.45, 7) is 0.0799. The third-order valence-corrected chi connectivity index (χ3v) is 4.50. The summed E-state index contributed by atoms with van der Waals surface area (Å²) >= 11 is 0. The van der Waals surface area contributed by atoms with Gasteiger partial charge in [0, 0.05) is 23.8 Å². The predicted octanol–water partition coefficient (Wildman–Crippen LogP) is 2.60. The fourth-order valence-corrected chi connectivity index (χ4v) is 3.11. The van der Waals surface area contributed by atoms with Gasteiger partial charge in [-0.05, 0) is 42.1 Å². The van der Waals surface area contributed by atoms with Crippen LogP contribution in [0.2, 0.25) is 0 Å². The van der Waals surface area contributed by atoms with Gasteiger partial charge in [0.2, 0.25) is 5.91 Å². The predicted molar refractivity (Wildman–Crippen MR) is 97.7 cm³/mol. The van der Waals surface area contributed by atoms with E-state index in [1.807, 2.05) is 30.5 Å².